The highest BCUT2D eigenvalue weighted by atomic mass is 35.5. The maximum Gasteiger partial charge on any atom is 0.201 e. The fraction of sp³-hybridized carbons (Fsp3) is 0.217. The molecule has 1 unspecified atom stereocenters. The summed E-state index contributed by atoms with van der Waals surface area (Å²) in [5.41, 5.74) is 1.76. The molecule has 2 N–H and O–H groups in total. The number of pyridine rings is 1. The van der Waals surface area contributed by atoms with Gasteiger partial charge in [0.2, 0.25) is 5.78 Å². The Labute approximate surface area is 193 Å². The summed E-state index contributed by atoms with van der Waals surface area (Å²) in [4.78, 5) is 20.5. The van der Waals surface area contributed by atoms with Gasteiger partial charge in [0, 0.05) is 41.0 Å². The highest BCUT2D eigenvalue weighted by Gasteiger charge is 2.25. The first-order chi connectivity index (χ1) is 15.3. The third-order valence-electron chi connectivity index (χ3n) is 5.06. The van der Waals surface area contributed by atoms with Crippen LogP contribution in [0.15, 0.2) is 48.8 Å². The summed E-state index contributed by atoms with van der Waals surface area (Å²) in [7, 11) is 3.54. The molecule has 0 fully saturated rings. The highest BCUT2D eigenvalue weighted by molar-refractivity contribution is 7.98. The standard InChI is InChI=1S/C23H21ClF2N4OS/c1-30(2)32-29-19-9-8-18(25)20(21(19)26)22(31)17-12-28-23-16(17)10-14(11-27-23)13-4-3-5-15(24)7-6-13/h4,6-12,15,29H,3,5H2,1-2H3,(H,27,28). The van der Waals surface area contributed by atoms with E-state index >= 15 is 4.39 Å². The first-order valence-electron chi connectivity index (χ1n) is 9.98. The highest BCUT2D eigenvalue weighted by Crippen LogP contribution is 2.30. The van der Waals surface area contributed by atoms with Crippen molar-refractivity contribution in [2.24, 2.45) is 0 Å². The number of nitrogens with one attached hydrogen (secondary N) is 2. The van der Waals surface area contributed by atoms with Crippen molar-refractivity contribution in [2.45, 2.75) is 18.2 Å². The van der Waals surface area contributed by atoms with Gasteiger partial charge in [-0.25, -0.2) is 18.1 Å². The number of hydrogen-bond donors (Lipinski definition) is 2. The Hall–Kier alpha value is -2.68. The third kappa shape index (κ3) is 4.57. The lowest BCUT2D eigenvalue weighted by atomic mass is 9.99. The summed E-state index contributed by atoms with van der Waals surface area (Å²) in [6.07, 6.45) is 10.7. The molecular weight excluding hydrogens is 454 g/mol. The molecule has 0 radical (unpaired) electrons. The van der Waals surface area contributed by atoms with E-state index in [9.17, 15) is 9.18 Å². The molecule has 9 heteroatoms. The quantitative estimate of drug-likeness (QED) is 0.262. The third-order valence-corrected chi connectivity index (χ3v) is 6.10. The van der Waals surface area contributed by atoms with Crippen LogP contribution in [-0.2, 0) is 0 Å². The van der Waals surface area contributed by atoms with Crippen LogP contribution in [0, 0.1) is 11.6 Å². The average molecular weight is 475 g/mol. The lowest BCUT2D eigenvalue weighted by Crippen LogP contribution is -2.11. The number of nitrogens with zero attached hydrogens (tertiary/aromatic N) is 2. The minimum Gasteiger partial charge on any atom is -0.345 e. The average Bonchev–Trinajstić information content (AvgIpc) is 3.06. The zero-order chi connectivity index (χ0) is 22.8. The van der Waals surface area contributed by atoms with E-state index in [1.165, 1.54) is 12.3 Å². The van der Waals surface area contributed by atoms with Gasteiger partial charge in [-0.15, -0.1) is 11.6 Å². The van der Waals surface area contributed by atoms with Gasteiger partial charge in [-0.2, -0.15) is 0 Å². The zero-order valence-corrected chi connectivity index (χ0v) is 19.0. The van der Waals surface area contributed by atoms with Crippen molar-refractivity contribution in [1.82, 2.24) is 14.3 Å². The van der Waals surface area contributed by atoms with Crippen molar-refractivity contribution in [1.29, 1.82) is 0 Å². The number of rotatable bonds is 6. The van der Waals surface area contributed by atoms with Crippen LogP contribution < -0.4 is 4.72 Å². The SMILES string of the molecule is CN(C)SNc1ccc(F)c(C(=O)c2c[nH]c3ncc(C4=CCCC(Cl)C=C4)cc23)c1F. The van der Waals surface area contributed by atoms with Gasteiger partial charge in [0.25, 0.3) is 0 Å². The summed E-state index contributed by atoms with van der Waals surface area (Å²) in [6, 6.07) is 4.15. The Balaban J connectivity index is 1.74. The second kappa shape index (κ2) is 9.44. The number of carbonyl (C=O) groups is 1. The Bertz CT molecular complexity index is 1240. The molecule has 0 spiro atoms. The van der Waals surface area contributed by atoms with Crippen LogP contribution in [-0.4, -0.2) is 39.5 Å². The van der Waals surface area contributed by atoms with Crippen molar-refractivity contribution < 1.29 is 13.6 Å². The van der Waals surface area contributed by atoms with E-state index in [1.54, 1.807) is 30.7 Å². The Kier molecular flexibility index (Phi) is 6.64. The molecule has 0 saturated carbocycles. The number of aromatic amines is 1. The maximum atomic E-state index is 15.1. The molecule has 0 bridgehead atoms. The first-order valence-corrected chi connectivity index (χ1v) is 11.2. The number of fused-ring (bicyclic) bond motifs is 1. The fourth-order valence-corrected chi connectivity index (χ4v) is 4.09. The molecule has 166 valence electrons. The number of benzene rings is 1. The first kappa shape index (κ1) is 22.5. The number of allylic oxidation sites excluding steroid dienone is 4. The number of H-pyrrole nitrogens is 1. The molecule has 2 heterocycles. The van der Waals surface area contributed by atoms with Gasteiger partial charge >= 0.3 is 0 Å². The Morgan fingerprint density at radius 2 is 2.16 bits per heavy atom. The molecule has 1 aliphatic carbocycles. The Morgan fingerprint density at radius 3 is 2.94 bits per heavy atom. The number of halogens is 3. The Morgan fingerprint density at radius 1 is 1.34 bits per heavy atom. The second-order valence-electron chi connectivity index (χ2n) is 7.55. The van der Waals surface area contributed by atoms with Crippen molar-refractivity contribution in [2.75, 3.05) is 18.8 Å². The number of ketones is 1. The maximum absolute atomic E-state index is 15.1. The summed E-state index contributed by atoms with van der Waals surface area (Å²) in [6.45, 7) is 0. The summed E-state index contributed by atoms with van der Waals surface area (Å²) < 4.78 is 34.1. The van der Waals surface area contributed by atoms with Gasteiger partial charge in [0.1, 0.15) is 11.5 Å². The van der Waals surface area contributed by atoms with Crippen molar-refractivity contribution in [3.05, 3.63) is 77.1 Å². The minimum atomic E-state index is -0.939. The van der Waals surface area contributed by atoms with Crippen molar-refractivity contribution in [3.8, 4) is 0 Å². The predicted molar refractivity (Wildman–Crippen MR) is 127 cm³/mol. The van der Waals surface area contributed by atoms with Gasteiger partial charge in [-0.05, 0) is 50.7 Å². The van der Waals surface area contributed by atoms with Crippen molar-refractivity contribution in [3.63, 3.8) is 0 Å². The van der Waals surface area contributed by atoms with E-state index in [0.29, 0.717) is 11.0 Å². The van der Waals surface area contributed by atoms with Crippen LogP contribution in [0.1, 0.15) is 34.3 Å². The van der Waals surface area contributed by atoms with E-state index in [1.807, 2.05) is 12.2 Å². The lowest BCUT2D eigenvalue weighted by molar-refractivity contribution is 0.103. The van der Waals surface area contributed by atoms with Crippen LogP contribution in [0.5, 0.6) is 0 Å². The van der Waals surface area contributed by atoms with E-state index in [0.717, 1.165) is 42.2 Å². The number of alkyl halides is 1. The van der Waals surface area contributed by atoms with Gasteiger partial charge in [-0.1, -0.05) is 18.2 Å². The van der Waals surface area contributed by atoms with E-state index in [2.05, 4.69) is 20.8 Å². The number of anilines is 1. The predicted octanol–water partition coefficient (Wildman–Crippen LogP) is 5.95. The van der Waals surface area contributed by atoms with Gasteiger partial charge < -0.3 is 9.71 Å². The second-order valence-corrected chi connectivity index (χ2v) is 9.23. The minimum absolute atomic E-state index is 0.0245. The number of carbonyl (C=O) groups excluding carboxylic acids is 1. The van der Waals surface area contributed by atoms with E-state index < -0.39 is 23.0 Å². The fourth-order valence-electron chi connectivity index (χ4n) is 3.45. The molecule has 1 aromatic carbocycles. The summed E-state index contributed by atoms with van der Waals surface area (Å²) in [5, 5.41) is 0.454. The van der Waals surface area contributed by atoms with Crippen LogP contribution in [0.3, 0.4) is 0 Å². The smallest absolute Gasteiger partial charge is 0.201 e. The number of aromatic nitrogens is 2. The van der Waals surface area contributed by atoms with Crippen LogP contribution in [0.2, 0.25) is 0 Å². The van der Waals surface area contributed by atoms with E-state index in [4.69, 9.17) is 11.6 Å². The summed E-state index contributed by atoms with van der Waals surface area (Å²) in [5.74, 6) is -2.62. The van der Waals surface area contributed by atoms with Crippen LogP contribution in [0.25, 0.3) is 16.6 Å². The normalized spacial score (nSPS) is 16.3. The number of hydrogen-bond acceptors (Lipinski definition) is 5. The van der Waals surface area contributed by atoms with E-state index in [-0.39, 0.29) is 16.6 Å². The molecule has 32 heavy (non-hydrogen) atoms. The van der Waals surface area contributed by atoms with Crippen LogP contribution >= 0.6 is 23.7 Å². The van der Waals surface area contributed by atoms with Crippen molar-refractivity contribution >= 4 is 51.8 Å². The van der Waals surface area contributed by atoms with Gasteiger partial charge in [-0.3, -0.25) is 4.79 Å². The lowest BCUT2D eigenvalue weighted by Gasteiger charge is -2.13. The molecular formula is C23H21ClF2N4OS. The monoisotopic (exact) mass is 474 g/mol. The zero-order valence-electron chi connectivity index (χ0n) is 17.5. The molecule has 3 aromatic rings. The molecule has 0 amide bonds. The molecule has 1 aliphatic rings. The largest absolute Gasteiger partial charge is 0.345 e. The molecule has 1 atom stereocenters. The van der Waals surface area contributed by atoms with Crippen LogP contribution in [0.4, 0.5) is 14.5 Å². The molecule has 0 saturated heterocycles. The molecule has 2 aromatic heterocycles. The molecule has 0 aliphatic heterocycles. The molecule has 4 rings (SSSR count). The van der Waals surface area contributed by atoms with Gasteiger partial charge in [0.15, 0.2) is 5.82 Å². The molecule has 5 nitrogen and oxygen atoms in total. The van der Waals surface area contributed by atoms with Gasteiger partial charge in [0.05, 0.1) is 16.6 Å². The summed E-state index contributed by atoms with van der Waals surface area (Å²) >= 11 is 7.32. The topological polar surface area (TPSA) is 61.0 Å².